The van der Waals surface area contributed by atoms with Crippen molar-refractivity contribution < 1.29 is 33.8 Å². The van der Waals surface area contributed by atoms with Crippen LogP contribution in [0.2, 0.25) is 5.15 Å². The third-order valence-corrected chi connectivity index (χ3v) is 8.06. The van der Waals surface area contributed by atoms with E-state index in [1.807, 2.05) is 91.0 Å². The van der Waals surface area contributed by atoms with Gasteiger partial charge in [-0.05, 0) is 87.9 Å². The normalized spacial score (nSPS) is 10.1. The smallest absolute Gasteiger partial charge is 0.423 e. The third-order valence-electron chi connectivity index (χ3n) is 7.45. The SMILES string of the molecule is NCc1ccccc1.O=C(Cl)OC(Cl)(Cl)Cl.O=C(O)c1cccnc1Cl.O=C(O)c1cccnc1NCc1ccccc1.O=c1oc(=O)n(Cc2ccccc2)c2ncccc12. The van der Waals surface area contributed by atoms with Crippen molar-refractivity contribution in [3.8, 4) is 0 Å². The van der Waals surface area contributed by atoms with Crippen molar-refractivity contribution in [3.05, 3.63) is 200 Å². The van der Waals surface area contributed by atoms with Crippen LogP contribution in [0, 0.1) is 0 Å². The van der Waals surface area contributed by atoms with Gasteiger partial charge in [-0.1, -0.05) is 103 Å². The number of fused-ring (bicyclic) bond motifs is 1. The second-order valence-corrected chi connectivity index (χ2v) is 14.6. The van der Waals surface area contributed by atoms with Crippen LogP contribution in [0.25, 0.3) is 11.0 Å². The van der Waals surface area contributed by atoms with Crippen LogP contribution in [0.15, 0.2) is 160 Å². The molecule has 0 saturated heterocycles. The molecule has 0 aliphatic carbocycles. The molecule has 7 aromatic rings. The van der Waals surface area contributed by atoms with Gasteiger partial charge in [-0.25, -0.2) is 38.9 Å². The molecule has 4 heterocycles. The molecule has 0 radical (unpaired) electrons. The second kappa shape index (κ2) is 26.1. The number of aromatic carboxylic acids is 2. The van der Waals surface area contributed by atoms with Crippen LogP contribution in [-0.2, 0) is 24.4 Å². The van der Waals surface area contributed by atoms with Crippen LogP contribution in [0.1, 0.15) is 37.4 Å². The predicted molar refractivity (Wildman–Crippen MR) is 238 cm³/mol. The third kappa shape index (κ3) is 18.1. The average Bonchev–Trinajstić information content (AvgIpc) is 3.25. The number of benzene rings is 3. The summed E-state index contributed by atoms with van der Waals surface area (Å²) in [6.07, 6.45) is 4.55. The molecule has 0 fully saturated rings. The number of carboxylic acids is 2. The van der Waals surface area contributed by atoms with Crippen LogP contribution in [0.5, 0.6) is 0 Å². The number of halogens is 5. The van der Waals surface area contributed by atoms with Crippen LogP contribution in [0.4, 0.5) is 10.6 Å². The Kier molecular flexibility index (Phi) is 21.1. The van der Waals surface area contributed by atoms with Crippen molar-refractivity contribution in [2.75, 3.05) is 5.32 Å². The summed E-state index contributed by atoms with van der Waals surface area (Å²) in [5.74, 6) is -2.34. The number of carbonyl (C=O) groups is 3. The van der Waals surface area contributed by atoms with Crippen LogP contribution < -0.4 is 22.4 Å². The average molecular weight is 945 g/mol. The van der Waals surface area contributed by atoms with E-state index in [1.165, 1.54) is 34.5 Å². The Morgan fingerprint density at radius 1 is 0.694 bits per heavy atom. The van der Waals surface area contributed by atoms with E-state index in [0.717, 1.165) is 11.1 Å². The number of nitrogens with zero attached hydrogens (tertiary/aromatic N) is 4. The summed E-state index contributed by atoms with van der Waals surface area (Å²) in [5, 5.41) is 20.8. The van der Waals surface area contributed by atoms with E-state index in [1.54, 1.807) is 30.6 Å². The zero-order valence-electron chi connectivity index (χ0n) is 32.0. The number of alkyl halides is 3. The summed E-state index contributed by atoms with van der Waals surface area (Å²) in [6.45, 7) is 1.51. The molecular formula is C42H35Cl5N6O9. The molecule has 5 N–H and O–H groups in total. The van der Waals surface area contributed by atoms with Crippen molar-refractivity contribution >= 4 is 92.2 Å². The fraction of sp³-hybridized carbons (Fsp3) is 0.0952. The summed E-state index contributed by atoms with van der Waals surface area (Å²) in [5.41, 5.74) is 7.30. The van der Waals surface area contributed by atoms with Crippen molar-refractivity contribution in [2.24, 2.45) is 5.73 Å². The van der Waals surface area contributed by atoms with Gasteiger partial charge in [-0.3, -0.25) is 4.57 Å². The molecule has 7 rings (SSSR count). The van der Waals surface area contributed by atoms with E-state index >= 15 is 0 Å². The Morgan fingerprint density at radius 2 is 1.19 bits per heavy atom. The lowest BCUT2D eigenvalue weighted by molar-refractivity contribution is 0.0686. The van der Waals surface area contributed by atoms with Gasteiger partial charge in [0.05, 0.1) is 12.1 Å². The fourth-order valence-corrected chi connectivity index (χ4v) is 5.35. The Labute approximate surface area is 378 Å². The van der Waals surface area contributed by atoms with E-state index < -0.39 is 32.7 Å². The number of carboxylic acid groups (broad SMARTS) is 2. The molecule has 322 valence electrons. The molecule has 0 amide bonds. The number of anilines is 1. The van der Waals surface area contributed by atoms with Crippen molar-refractivity contribution in [3.63, 3.8) is 0 Å². The molecule has 15 nitrogen and oxygen atoms in total. The molecule has 62 heavy (non-hydrogen) atoms. The Hall–Kier alpha value is -6.33. The summed E-state index contributed by atoms with van der Waals surface area (Å²) >= 11 is 24.9. The molecule has 0 atom stereocenters. The fourth-order valence-electron chi connectivity index (χ4n) is 4.70. The molecule has 20 heteroatoms. The van der Waals surface area contributed by atoms with Gasteiger partial charge in [0.15, 0.2) is 5.65 Å². The molecule has 4 aromatic heterocycles. The Bertz CT molecular complexity index is 2620. The maximum absolute atomic E-state index is 11.8. The van der Waals surface area contributed by atoms with Crippen LogP contribution in [0.3, 0.4) is 0 Å². The number of hydrogen-bond donors (Lipinski definition) is 4. The number of aromatic nitrogens is 4. The van der Waals surface area contributed by atoms with Gasteiger partial charge in [0.2, 0.25) is 0 Å². The number of hydrogen-bond acceptors (Lipinski definition) is 12. The zero-order chi connectivity index (χ0) is 45.5. The van der Waals surface area contributed by atoms with Gasteiger partial charge in [-0.2, -0.15) is 0 Å². The molecule has 0 unspecified atom stereocenters. The summed E-state index contributed by atoms with van der Waals surface area (Å²) < 4.78 is 7.88. The van der Waals surface area contributed by atoms with Crippen LogP contribution in [-0.4, -0.2) is 51.1 Å². The van der Waals surface area contributed by atoms with Crippen molar-refractivity contribution in [1.82, 2.24) is 19.5 Å². The number of pyridine rings is 3. The number of rotatable bonds is 8. The highest BCUT2D eigenvalue weighted by molar-refractivity contribution is 6.69. The highest BCUT2D eigenvalue weighted by Crippen LogP contribution is 2.28. The van der Waals surface area contributed by atoms with Crippen LogP contribution >= 0.6 is 58.0 Å². The van der Waals surface area contributed by atoms with Gasteiger partial charge in [0.25, 0.3) is 0 Å². The Balaban J connectivity index is 0.000000217. The van der Waals surface area contributed by atoms with Gasteiger partial charge in [0.1, 0.15) is 21.9 Å². The summed E-state index contributed by atoms with van der Waals surface area (Å²) in [7, 11) is 0. The van der Waals surface area contributed by atoms with E-state index in [4.69, 9.17) is 66.8 Å². The van der Waals surface area contributed by atoms with Gasteiger partial charge in [0, 0.05) is 43.3 Å². The number of nitrogens with one attached hydrogen (secondary N) is 1. The topological polar surface area (TPSA) is 230 Å². The van der Waals surface area contributed by atoms with Gasteiger partial charge >= 0.3 is 32.7 Å². The van der Waals surface area contributed by atoms with Gasteiger partial charge in [-0.15, -0.1) is 0 Å². The number of nitrogens with two attached hydrogens (primary N) is 1. The predicted octanol–water partition coefficient (Wildman–Crippen LogP) is 9.06. The molecule has 0 spiro atoms. The molecule has 0 aliphatic heterocycles. The van der Waals surface area contributed by atoms with E-state index in [2.05, 4.69) is 36.6 Å². The van der Waals surface area contributed by atoms with E-state index in [9.17, 15) is 24.0 Å². The first-order chi connectivity index (χ1) is 29.6. The second-order valence-electron chi connectivity index (χ2n) is 11.8. The lowest BCUT2D eigenvalue weighted by atomic mass is 10.2. The minimum Gasteiger partial charge on any atom is -0.478 e. The first-order valence-corrected chi connectivity index (χ1v) is 19.5. The maximum Gasteiger partial charge on any atom is 0.423 e. The lowest BCUT2D eigenvalue weighted by Crippen LogP contribution is -2.26. The highest BCUT2D eigenvalue weighted by Gasteiger charge is 2.23. The first kappa shape index (κ1) is 50.0. The first-order valence-electron chi connectivity index (χ1n) is 17.6. The zero-order valence-corrected chi connectivity index (χ0v) is 35.8. The number of ether oxygens (including phenoxy) is 1. The quantitative estimate of drug-likeness (QED) is 0.0633. The van der Waals surface area contributed by atoms with Gasteiger partial charge < -0.3 is 30.4 Å². The summed E-state index contributed by atoms with van der Waals surface area (Å²) in [4.78, 5) is 66.1. The minimum atomic E-state index is -2.04. The number of carbonyl (C=O) groups excluding carboxylic acids is 1. The van der Waals surface area contributed by atoms with E-state index in [0.29, 0.717) is 36.5 Å². The molecule has 0 aliphatic rings. The molecule has 3 aromatic carbocycles. The Morgan fingerprint density at radius 3 is 1.66 bits per heavy atom. The van der Waals surface area contributed by atoms with Crippen molar-refractivity contribution in [2.45, 2.75) is 23.6 Å². The highest BCUT2D eigenvalue weighted by atomic mass is 35.6. The lowest BCUT2D eigenvalue weighted by Gasteiger charge is -2.07. The molecule has 0 bridgehead atoms. The largest absolute Gasteiger partial charge is 0.478 e. The molecular weight excluding hydrogens is 910 g/mol. The standard InChI is InChI=1S/C14H10N2O3.C13H12N2O2.C7H9N.C6H4ClNO2.C2Cl4O2/c17-13-11-7-4-8-15-12(11)16(14(18)19-13)9-10-5-2-1-3-6-10;16-13(17)11-7-4-8-14-12(11)15-9-10-5-2-1-3-6-10;8-6-7-4-2-1-3-5-7;7-5-4(6(9)10)2-1-3-8-5;3-1(7)8-2(4,5)6/h1-8H,9H2;1-8H,9H2,(H,14,15)(H,16,17);1-5H,6,8H2;1-3H,(H,9,10);. The van der Waals surface area contributed by atoms with Crippen molar-refractivity contribution in [1.29, 1.82) is 0 Å². The molecule has 0 saturated carbocycles. The minimum absolute atomic E-state index is 0.0231. The summed E-state index contributed by atoms with van der Waals surface area (Å²) in [6, 6.07) is 38.5. The maximum atomic E-state index is 11.8. The monoisotopic (exact) mass is 942 g/mol. The van der Waals surface area contributed by atoms with E-state index in [-0.39, 0.29) is 16.3 Å².